The first kappa shape index (κ1) is 14.8. The van der Waals surface area contributed by atoms with Gasteiger partial charge in [-0.05, 0) is 24.6 Å². The molecule has 0 atom stereocenters. The molecule has 0 aromatic heterocycles. The molecule has 0 bridgehead atoms. The van der Waals surface area contributed by atoms with Gasteiger partial charge in [-0.15, -0.1) is 0 Å². The van der Waals surface area contributed by atoms with Gasteiger partial charge in [-0.2, -0.15) is 0 Å². The second kappa shape index (κ2) is 6.06. The molecule has 5 nitrogen and oxygen atoms in total. The fourth-order valence-electron chi connectivity index (χ4n) is 1.32. The lowest BCUT2D eigenvalue weighted by molar-refractivity contribution is 0.316. The summed E-state index contributed by atoms with van der Waals surface area (Å²) in [5, 5.41) is 0. The summed E-state index contributed by atoms with van der Waals surface area (Å²) in [7, 11) is 3.00. The Morgan fingerprint density at radius 2 is 2.17 bits per heavy atom. The molecular formula is C11H15ClN2O3S. The molecule has 0 spiro atoms. The Labute approximate surface area is 111 Å². The monoisotopic (exact) mass is 290 g/mol. The third kappa shape index (κ3) is 3.61. The summed E-state index contributed by atoms with van der Waals surface area (Å²) in [4.78, 5) is 3.79. The van der Waals surface area contributed by atoms with Crippen molar-refractivity contribution in [3.05, 3.63) is 23.8 Å². The maximum atomic E-state index is 11.3. The highest BCUT2D eigenvalue weighted by molar-refractivity contribution is 8.13. The van der Waals surface area contributed by atoms with E-state index >= 15 is 0 Å². The summed E-state index contributed by atoms with van der Waals surface area (Å²) in [6.45, 7) is 2.48. The average Bonchev–Trinajstić information content (AvgIpc) is 2.34. The molecule has 0 saturated heterocycles. The second-order valence-electron chi connectivity index (χ2n) is 3.55. The van der Waals surface area contributed by atoms with Crippen LogP contribution in [0.1, 0.15) is 18.9 Å². The predicted octanol–water partition coefficient (Wildman–Crippen LogP) is 1.74. The van der Waals surface area contributed by atoms with E-state index in [2.05, 4.69) is 4.99 Å². The Kier molecular flexibility index (Phi) is 4.98. The van der Waals surface area contributed by atoms with Crippen molar-refractivity contribution in [3.63, 3.8) is 0 Å². The molecule has 0 aliphatic heterocycles. The zero-order valence-electron chi connectivity index (χ0n) is 10.2. The Morgan fingerprint density at radius 1 is 1.50 bits per heavy atom. The first-order valence-corrected chi connectivity index (χ1v) is 7.65. The SMILES string of the molecule is CCCOc1ccc(S(=O)(=O)Cl)cc1C(N)=NC. The summed E-state index contributed by atoms with van der Waals surface area (Å²) < 4.78 is 28.0. The number of rotatable bonds is 5. The van der Waals surface area contributed by atoms with Gasteiger partial charge >= 0.3 is 0 Å². The molecule has 0 heterocycles. The van der Waals surface area contributed by atoms with Crippen LogP contribution < -0.4 is 10.5 Å². The third-order valence-electron chi connectivity index (χ3n) is 2.21. The van der Waals surface area contributed by atoms with Gasteiger partial charge in [0.2, 0.25) is 0 Å². The number of halogens is 1. The Balaban J connectivity index is 3.30. The first-order chi connectivity index (χ1) is 8.40. The third-order valence-corrected chi connectivity index (χ3v) is 3.56. The zero-order chi connectivity index (χ0) is 13.8. The van der Waals surface area contributed by atoms with E-state index in [4.69, 9.17) is 21.2 Å². The molecule has 18 heavy (non-hydrogen) atoms. The van der Waals surface area contributed by atoms with Crippen LogP contribution >= 0.6 is 10.7 Å². The minimum Gasteiger partial charge on any atom is -0.493 e. The molecule has 0 radical (unpaired) electrons. The minimum absolute atomic E-state index is 0.0328. The standard InChI is InChI=1S/C11H15ClN2O3S/c1-3-6-17-10-5-4-8(18(12,15)16)7-9(10)11(13)14-2/h4-5,7H,3,6H2,1-2H3,(H2,13,14). The van der Waals surface area contributed by atoms with Gasteiger partial charge < -0.3 is 10.5 Å². The number of amidine groups is 1. The number of hydrogen-bond acceptors (Lipinski definition) is 4. The van der Waals surface area contributed by atoms with E-state index in [1.54, 1.807) is 0 Å². The predicted molar refractivity (Wildman–Crippen MR) is 71.9 cm³/mol. The van der Waals surface area contributed by atoms with E-state index in [0.717, 1.165) is 6.42 Å². The molecule has 0 unspecified atom stereocenters. The molecule has 1 aromatic carbocycles. The van der Waals surface area contributed by atoms with E-state index in [0.29, 0.717) is 17.9 Å². The Morgan fingerprint density at radius 3 is 2.67 bits per heavy atom. The van der Waals surface area contributed by atoms with E-state index in [9.17, 15) is 8.42 Å². The molecule has 0 saturated carbocycles. The number of ether oxygens (including phenoxy) is 1. The van der Waals surface area contributed by atoms with Crippen LogP contribution in [0.4, 0.5) is 0 Å². The summed E-state index contributed by atoms with van der Waals surface area (Å²) in [5.41, 5.74) is 6.13. The molecule has 0 aliphatic rings. The van der Waals surface area contributed by atoms with Gasteiger partial charge in [0.1, 0.15) is 11.6 Å². The van der Waals surface area contributed by atoms with E-state index < -0.39 is 9.05 Å². The van der Waals surface area contributed by atoms with Gasteiger partial charge in [-0.25, -0.2) is 8.42 Å². The molecule has 0 aliphatic carbocycles. The molecule has 2 N–H and O–H groups in total. The van der Waals surface area contributed by atoms with Crippen molar-refractivity contribution < 1.29 is 13.2 Å². The topological polar surface area (TPSA) is 81.8 Å². The van der Waals surface area contributed by atoms with E-state index in [1.807, 2.05) is 6.92 Å². The van der Waals surface area contributed by atoms with Crippen molar-refractivity contribution >= 4 is 25.6 Å². The van der Waals surface area contributed by atoms with Crippen LogP contribution in [0.2, 0.25) is 0 Å². The average molecular weight is 291 g/mol. The Hall–Kier alpha value is -1.27. The van der Waals surface area contributed by atoms with Crippen LogP contribution in [-0.4, -0.2) is 27.9 Å². The largest absolute Gasteiger partial charge is 0.493 e. The fraction of sp³-hybridized carbons (Fsp3) is 0.364. The first-order valence-electron chi connectivity index (χ1n) is 5.34. The summed E-state index contributed by atoms with van der Waals surface area (Å²) in [5.74, 6) is 0.687. The molecule has 7 heteroatoms. The number of nitrogens with zero attached hydrogens (tertiary/aromatic N) is 1. The van der Waals surface area contributed by atoms with Crippen molar-refractivity contribution in [3.8, 4) is 5.75 Å². The second-order valence-corrected chi connectivity index (χ2v) is 6.12. The molecule has 100 valence electrons. The van der Waals surface area contributed by atoms with Gasteiger partial charge in [-0.1, -0.05) is 6.92 Å². The molecule has 0 fully saturated rings. The normalized spacial score (nSPS) is 12.5. The highest BCUT2D eigenvalue weighted by atomic mass is 35.7. The fourth-order valence-corrected chi connectivity index (χ4v) is 2.10. The lowest BCUT2D eigenvalue weighted by Crippen LogP contribution is -2.15. The highest BCUT2D eigenvalue weighted by Gasteiger charge is 2.15. The van der Waals surface area contributed by atoms with Gasteiger partial charge in [0.15, 0.2) is 0 Å². The number of aliphatic imine (C=N–C) groups is 1. The quantitative estimate of drug-likeness (QED) is 0.509. The number of hydrogen-bond donors (Lipinski definition) is 1. The van der Waals surface area contributed by atoms with Crippen molar-refractivity contribution in [1.82, 2.24) is 0 Å². The molecule has 0 amide bonds. The molecule has 1 rings (SSSR count). The van der Waals surface area contributed by atoms with Crippen LogP contribution in [0.15, 0.2) is 28.1 Å². The number of nitrogens with two attached hydrogens (primary N) is 1. The van der Waals surface area contributed by atoms with Crippen LogP contribution in [-0.2, 0) is 9.05 Å². The van der Waals surface area contributed by atoms with Crippen LogP contribution in [0.3, 0.4) is 0 Å². The lowest BCUT2D eigenvalue weighted by atomic mass is 10.2. The van der Waals surface area contributed by atoms with Gasteiger partial charge in [0, 0.05) is 17.7 Å². The van der Waals surface area contributed by atoms with Crippen molar-refractivity contribution in [2.24, 2.45) is 10.7 Å². The van der Waals surface area contributed by atoms with Crippen LogP contribution in [0.5, 0.6) is 5.75 Å². The molecular weight excluding hydrogens is 276 g/mol. The van der Waals surface area contributed by atoms with Gasteiger partial charge in [-0.3, -0.25) is 4.99 Å². The van der Waals surface area contributed by atoms with Crippen molar-refractivity contribution in [2.75, 3.05) is 13.7 Å². The van der Waals surface area contributed by atoms with E-state index in [-0.39, 0.29) is 10.7 Å². The number of benzene rings is 1. The van der Waals surface area contributed by atoms with Gasteiger partial charge in [0.05, 0.1) is 17.1 Å². The highest BCUT2D eigenvalue weighted by Crippen LogP contribution is 2.24. The molecule has 1 aromatic rings. The maximum absolute atomic E-state index is 11.3. The van der Waals surface area contributed by atoms with Crippen LogP contribution in [0, 0.1) is 0 Å². The smallest absolute Gasteiger partial charge is 0.261 e. The summed E-state index contributed by atoms with van der Waals surface area (Å²) in [6.07, 6.45) is 0.832. The summed E-state index contributed by atoms with van der Waals surface area (Å²) in [6, 6.07) is 4.26. The van der Waals surface area contributed by atoms with Crippen molar-refractivity contribution in [1.29, 1.82) is 0 Å². The van der Waals surface area contributed by atoms with Crippen LogP contribution in [0.25, 0.3) is 0 Å². The van der Waals surface area contributed by atoms with E-state index in [1.165, 1.54) is 25.2 Å². The lowest BCUT2D eigenvalue weighted by Gasteiger charge is -2.11. The summed E-state index contributed by atoms with van der Waals surface area (Å²) >= 11 is 0. The van der Waals surface area contributed by atoms with Crippen molar-refractivity contribution in [2.45, 2.75) is 18.2 Å². The maximum Gasteiger partial charge on any atom is 0.261 e. The van der Waals surface area contributed by atoms with Gasteiger partial charge in [0.25, 0.3) is 9.05 Å². The Bertz CT molecular complexity index is 555. The zero-order valence-corrected chi connectivity index (χ0v) is 11.8. The minimum atomic E-state index is -3.80.